The molecule has 0 radical (unpaired) electrons. The number of thioether (sulfide) groups is 1. The summed E-state index contributed by atoms with van der Waals surface area (Å²) in [5.74, 6) is -0.195. The van der Waals surface area contributed by atoms with Crippen molar-refractivity contribution in [3.63, 3.8) is 0 Å². The number of nitrogens with zero attached hydrogens (tertiary/aromatic N) is 2. The molecule has 1 aliphatic rings. The van der Waals surface area contributed by atoms with Crippen LogP contribution in [0.2, 0.25) is 0 Å². The highest BCUT2D eigenvalue weighted by Crippen LogP contribution is 2.48. The van der Waals surface area contributed by atoms with E-state index < -0.39 is 0 Å². The van der Waals surface area contributed by atoms with Crippen molar-refractivity contribution in [2.45, 2.75) is 25.3 Å². The molecule has 0 N–H and O–H groups in total. The highest BCUT2D eigenvalue weighted by Gasteiger charge is 2.37. The quantitative estimate of drug-likeness (QED) is 0.823. The molecule has 0 aliphatic carbocycles. The van der Waals surface area contributed by atoms with Gasteiger partial charge in [0.25, 0.3) is 5.91 Å². The molecule has 0 unspecified atom stereocenters. The van der Waals surface area contributed by atoms with Crippen LogP contribution >= 0.6 is 11.8 Å². The third-order valence-electron chi connectivity index (χ3n) is 3.95. The molecular formula is C20H18N2OS. The predicted octanol–water partition coefficient (Wildman–Crippen LogP) is 4.60. The number of hydrogen-bond acceptors (Lipinski definition) is 3. The summed E-state index contributed by atoms with van der Waals surface area (Å²) in [5, 5.41) is 9.45. The topological polar surface area (TPSA) is 44.1 Å². The average Bonchev–Trinajstić information content (AvgIpc) is 2.62. The molecule has 24 heavy (non-hydrogen) atoms. The van der Waals surface area contributed by atoms with Crippen molar-refractivity contribution in [3.8, 4) is 6.07 Å². The van der Waals surface area contributed by atoms with Crippen LogP contribution in [0.15, 0.2) is 66.2 Å². The lowest BCUT2D eigenvalue weighted by molar-refractivity contribution is -0.129. The Balaban J connectivity index is 2.14. The maximum Gasteiger partial charge on any atom is 0.267 e. The van der Waals surface area contributed by atoms with Gasteiger partial charge in [0.1, 0.15) is 17.0 Å². The van der Waals surface area contributed by atoms with Crippen molar-refractivity contribution in [1.29, 1.82) is 5.26 Å². The fourth-order valence-electron chi connectivity index (χ4n) is 2.81. The van der Waals surface area contributed by atoms with Crippen molar-refractivity contribution in [3.05, 3.63) is 77.4 Å². The largest absolute Gasteiger partial charge is 0.319 e. The Kier molecular flexibility index (Phi) is 4.73. The van der Waals surface area contributed by atoms with E-state index in [1.54, 1.807) is 16.7 Å². The van der Waals surface area contributed by atoms with Crippen molar-refractivity contribution in [2.75, 3.05) is 0 Å². The van der Waals surface area contributed by atoms with Crippen molar-refractivity contribution < 1.29 is 4.79 Å². The lowest BCUT2D eigenvalue weighted by Gasteiger charge is -2.39. The fraction of sp³-hybridized carbons (Fsp3) is 0.200. The number of benzene rings is 2. The van der Waals surface area contributed by atoms with E-state index in [0.29, 0.717) is 0 Å². The summed E-state index contributed by atoms with van der Waals surface area (Å²) in [7, 11) is 0. The molecule has 0 saturated carbocycles. The van der Waals surface area contributed by atoms with Crippen molar-refractivity contribution in [1.82, 2.24) is 4.90 Å². The van der Waals surface area contributed by atoms with Gasteiger partial charge in [0.15, 0.2) is 0 Å². The molecule has 3 rings (SSSR count). The van der Waals surface area contributed by atoms with Crippen LogP contribution in [-0.2, 0) is 4.79 Å². The zero-order valence-electron chi connectivity index (χ0n) is 13.6. The first-order chi connectivity index (χ1) is 11.6. The average molecular weight is 334 g/mol. The van der Waals surface area contributed by atoms with Gasteiger partial charge in [-0.1, -0.05) is 72.4 Å². The Bertz CT molecular complexity index is 807. The van der Waals surface area contributed by atoms with Gasteiger partial charge in [-0.05, 0) is 25.0 Å². The minimum Gasteiger partial charge on any atom is -0.319 e. The standard InChI is InChI=1S/C20H18N2OS/c1-14(2)22-19(23)17(13-21)18(15-9-5-3-6-10-15)24-20(22)16-11-7-4-8-12-16/h3-12,14,20H,1-2H3/t20-/m1/s1. The van der Waals surface area contributed by atoms with E-state index in [4.69, 9.17) is 0 Å². The van der Waals surface area contributed by atoms with Crippen LogP contribution in [0.3, 0.4) is 0 Å². The Morgan fingerprint density at radius 1 is 1.04 bits per heavy atom. The monoisotopic (exact) mass is 334 g/mol. The van der Waals surface area contributed by atoms with Crippen LogP contribution in [0.5, 0.6) is 0 Å². The molecule has 1 heterocycles. The van der Waals surface area contributed by atoms with Crippen LogP contribution in [0, 0.1) is 11.3 Å². The predicted molar refractivity (Wildman–Crippen MR) is 97.7 cm³/mol. The molecule has 120 valence electrons. The molecule has 2 aromatic rings. The van der Waals surface area contributed by atoms with Crippen LogP contribution in [0.1, 0.15) is 30.3 Å². The van der Waals surface area contributed by atoms with E-state index in [9.17, 15) is 10.1 Å². The lowest BCUT2D eigenvalue weighted by Crippen LogP contribution is -2.42. The molecule has 0 aromatic heterocycles. The summed E-state index contributed by atoms with van der Waals surface area (Å²) < 4.78 is 0. The van der Waals surface area contributed by atoms with Gasteiger partial charge in [-0.2, -0.15) is 5.26 Å². The first-order valence-electron chi connectivity index (χ1n) is 7.87. The van der Waals surface area contributed by atoms with Crippen molar-refractivity contribution in [2.24, 2.45) is 0 Å². The van der Waals surface area contributed by atoms with Gasteiger partial charge in [0.2, 0.25) is 0 Å². The molecule has 3 nitrogen and oxygen atoms in total. The molecule has 1 aliphatic heterocycles. The van der Waals surface area contributed by atoms with E-state index in [1.807, 2.05) is 74.5 Å². The second-order valence-corrected chi connectivity index (χ2v) is 6.96. The van der Waals surface area contributed by atoms with Crippen molar-refractivity contribution >= 4 is 22.6 Å². The Morgan fingerprint density at radius 2 is 1.62 bits per heavy atom. The maximum atomic E-state index is 13.0. The highest BCUT2D eigenvalue weighted by molar-refractivity contribution is 8.08. The third-order valence-corrected chi connectivity index (χ3v) is 5.34. The van der Waals surface area contributed by atoms with Gasteiger partial charge in [-0.3, -0.25) is 4.79 Å². The molecule has 1 amide bonds. The Morgan fingerprint density at radius 3 is 2.17 bits per heavy atom. The molecule has 0 fully saturated rings. The van der Waals surface area contributed by atoms with E-state index in [2.05, 4.69) is 6.07 Å². The molecule has 4 heteroatoms. The second kappa shape index (κ2) is 6.94. The summed E-state index contributed by atoms with van der Waals surface area (Å²) in [5.41, 5.74) is 2.21. The Hall–Kier alpha value is -2.51. The number of hydrogen-bond donors (Lipinski definition) is 0. The van der Waals surface area contributed by atoms with Gasteiger partial charge in [0, 0.05) is 10.9 Å². The Labute approximate surface area is 146 Å². The minimum absolute atomic E-state index is 0.0101. The van der Waals surface area contributed by atoms with Gasteiger partial charge >= 0.3 is 0 Å². The minimum atomic E-state index is -0.195. The third kappa shape index (κ3) is 2.95. The van der Waals surface area contributed by atoms with Crippen LogP contribution in [0.25, 0.3) is 4.91 Å². The van der Waals surface area contributed by atoms with Crippen LogP contribution < -0.4 is 0 Å². The summed E-state index contributed by atoms with van der Waals surface area (Å²) in [6, 6.07) is 21.8. The number of amides is 1. The fourth-order valence-corrected chi connectivity index (χ4v) is 4.30. The lowest BCUT2D eigenvalue weighted by atomic mass is 10.1. The van der Waals surface area contributed by atoms with Crippen LogP contribution in [0.4, 0.5) is 0 Å². The highest BCUT2D eigenvalue weighted by atomic mass is 32.2. The molecule has 0 saturated heterocycles. The molecule has 1 atom stereocenters. The van der Waals surface area contributed by atoms with Gasteiger partial charge in [-0.25, -0.2) is 0 Å². The van der Waals surface area contributed by atoms with E-state index in [1.165, 1.54) is 0 Å². The first-order valence-corrected chi connectivity index (χ1v) is 8.75. The number of carbonyl (C=O) groups excluding carboxylic acids is 1. The summed E-state index contributed by atoms with van der Waals surface area (Å²) in [6.07, 6.45) is 0. The van der Waals surface area contributed by atoms with Gasteiger partial charge < -0.3 is 4.90 Å². The molecule has 2 aromatic carbocycles. The summed E-state index contributed by atoms with van der Waals surface area (Å²) in [6.45, 7) is 3.97. The van der Waals surface area contributed by atoms with Gasteiger partial charge in [0.05, 0.1) is 0 Å². The first kappa shape index (κ1) is 16.4. The number of nitriles is 1. The number of carbonyl (C=O) groups is 1. The smallest absolute Gasteiger partial charge is 0.267 e. The normalized spacial score (nSPS) is 18.0. The van der Waals surface area contributed by atoms with E-state index in [0.717, 1.165) is 16.0 Å². The molecular weight excluding hydrogens is 316 g/mol. The number of rotatable bonds is 3. The van der Waals surface area contributed by atoms with E-state index in [-0.39, 0.29) is 22.9 Å². The van der Waals surface area contributed by atoms with Crippen LogP contribution in [-0.4, -0.2) is 16.8 Å². The van der Waals surface area contributed by atoms with E-state index >= 15 is 0 Å². The summed E-state index contributed by atoms with van der Waals surface area (Å²) in [4.78, 5) is 15.6. The zero-order valence-corrected chi connectivity index (χ0v) is 14.5. The maximum absolute atomic E-state index is 13.0. The molecule has 0 spiro atoms. The zero-order chi connectivity index (χ0) is 17.1. The SMILES string of the molecule is CC(C)N1C(=O)C(C#N)=C(c2ccccc2)S[C@@H]1c1ccccc1. The summed E-state index contributed by atoms with van der Waals surface area (Å²) >= 11 is 1.57. The second-order valence-electron chi connectivity index (χ2n) is 5.87. The molecule has 0 bridgehead atoms. The van der Waals surface area contributed by atoms with Gasteiger partial charge in [-0.15, -0.1) is 0 Å².